The zero-order valence-corrected chi connectivity index (χ0v) is 16.5. The summed E-state index contributed by atoms with van der Waals surface area (Å²) in [5.41, 5.74) is 4.43. The summed E-state index contributed by atoms with van der Waals surface area (Å²) in [6.45, 7) is 0.972. The van der Waals surface area contributed by atoms with Crippen molar-refractivity contribution in [2.45, 2.75) is 17.9 Å². The maximum Gasteiger partial charge on any atom is 0.407 e. The molecule has 0 bridgehead atoms. The molecule has 0 aromatic heterocycles. The first kappa shape index (κ1) is 19.3. The standard InChI is InChI=1S/C22H25NO4S/c24-10-11-27-22(9-12-28-15-22)14-23-21(25)26-13-20-18-7-3-1-5-16(18)17-6-2-4-8-19(17)20/h1-8,20,24H,9-15H2,(H,23,25). The van der Waals surface area contributed by atoms with Crippen LogP contribution < -0.4 is 5.32 Å². The first-order chi connectivity index (χ1) is 13.7. The Hall–Kier alpha value is -2.02. The Balaban J connectivity index is 1.37. The number of carbonyl (C=O) groups excluding carboxylic acids is 1. The number of carbonyl (C=O) groups is 1. The first-order valence-corrected chi connectivity index (χ1v) is 10.8. The smallest absolute Gasteiger partial charge is 0.407 e. The van der Waals surface area contributed by atoms with Gasteiger partial charge in [0.15, 0.2) is 0 Å². The summed E-state index contributed by atoms with van der Waals surface area (Å²) in [6.07, 6.45) is 0.437. The van der Waals surface area contributed by atoms with Crippen molar-refractivity contribution in [3.8, 4) is 11.1 Å². The van der Waals surface area contributed by atoms with E-state index >= 15 is 0 Å². The van der Waals surface area contributed by atoms with E-state index in [1.807, 2.05) is 24.3 Å². The predicted molar refractivity (Wildman–Crippen MR) is 111 cm³/mol. The summed E-state index contributed by atoms with van der Waals surface area (Å²) in [5, 5.41) is 11.9. The van der Waals surface area contributed by atoms with E-state index in [-0.39, 0.29) is 19.1 Å². The van der Waals surface area contributed by atoms with Crippen molar-refractivity contribution < 1.29 is 19.4 Å². The second kappa shape index (κ2) is 8.55. The third-order valence-electron chi connectivity index (χ3n) is 5.47. The Morgan fingerprint density at radius 3 is 2.43 bits per heavy atom. The zero-order chi connectivity index (χ0) is 19.4. The number of alkyl carbamates (subject to hydrolysis) is 1. The van der Waals surface area contributed by atoms with Crippen LogP contribution in [0.5, 0.6) is 0 Å². The minimum absolute atomic E-state index is 0.0165. The van der Waals surface area contributed by atoms with Crippen molar-refractivity contribution in [2.24, 2.45) is 0 Å². The summed E-state index contributed by atoms with van der Waals surface area (Å²) < 4.78 is 11.4. The van der Waals surface area contributed by atoms with Gasteiger partial charge in [-0.15, -0.1) is 0 Å². The van der Waals surface area contributed by atoms with Crippen molar-refractivity contribution in [2.75, 3.05) is 37.9 Å². The lowest BCUT2D eigenvalue weighted by Crippen LogP contribution is -2.46. The molecule has 1 amide bonds. The fourth-order valence-corrected chi connectivity index (χ4v) is 5.40. The Labute approximate surface area is 169 Å². The fourth-order valence-electron chi connectivity index (χ4n) is 4.04. The van der Waals surface area contributed by atoms with E-state index in [4.69, 9.17) is 14.6 Å². The third kappa shape index (κ3) is 3.90. The molecule has 2 aliphatic rings. The van der Waals surface area contributed by atoms with Gasteiger partial charge in [-0.05, 0) is 34.4 Å². The number of aliphatic hydroxyl groups excluding tert-OH is 1. The maximum absolute atomic E-state index is 12.4. The SMILES string of the molecule is O=C(NCC1(OCCO)CCSC1)OCC1c2ccccc2-c2ccccc21. The van der Waals surface area contributed by atoms with Crippen molar-refractivity contribution in [1.82, 2.24) is 5.32 Å². The van der Waals surface area contributed by atoms with Crippen LogP contribution in [0.25, 0.3) is 11.1 Å². The lowest BCUT2D eigenvalue weighted by atomic mass is 9.98. The number of fused-ring (bicyclic) bond motifs is 3. The summed E-state index contributed by atoms with van der Waals surface area (Å²) in [6, 6.07) is 16.6. The van der Waals surface area contributed by atoms with Crippen LogP contribution in [0.2, 0.25) is 0 Å². The lowest BCUT2D eigenvalue weighted by molar-refractivity contribution is -0.0385. The van der Waals surface area contributed by atoms with Crippen LogP contribution in [0.3, 0.4) is 0 Å². The molecular weight excluding hydrogens is 374 g/mol. The van der Waals surface area contributed by atoms with Gasteiger partial charge in [-0.1, -0.05) is 48.5 Å². The number of nitrogens with one attached hydrogen (secondary N) is 1. The Morgan fingerprint density at radius 1 is 1.14 bits per heavy atom. The molecule has 4 rings (SSSR count). The summed E-state index contributed by atoms with van der Waals surface area (Å²) in [5.74, 6) is 1.87. The molecule has 1 aliphatic heterocycles. The number of thioether (sulfide) groups is 1. The van der Waals surface area contributed by atoms with Crippen LogP contribution in [0.4, 0.5) is 4.79 Å². The highest BCUT2D eigenvalue weighted by Crippen LogP contribution is 2.44. The van der Waals surface area contributed by atoms with E-state index in [1.165, 1.54) is 22.3 Å². The number of amides is 1. The monoisotopic (exact) mass is 399 g/mol. The van der Waals surface area contributed by atoms with Crippen LogP contribution >= 0.6 is 11.8 Å². The molecule has 0 spiro atoms. The van der Waals surface area contributed by atoms with Gasteiger partial charge in [0.05, 0.1) is 25.4 Å². The average molecular weight is 400 g/mol. The van der Waals surface area contributed by atoms with Gasteiger partial charge < -0.3 is 19.9 Å². The molecule has 148 valence electrons. The van der Waals surface area contributed by atoms with Gasteiger partial charge in [0.25, 0.3) is 0 Å². The number of benzene rings is 2. The highest BCUT2D eigenvalue weighted by atomic mass is 32.2. The van der Waals surface area contributed by atoms with E-state index in [2.05, 4.69) is 29.6 Å². The molecule has 1 fully saturated rings. The quantitative estimate of drug-likeness (QED) is 0.747. The molecule has 28 heavy (non-hydrogen) atoms. The number of hydrogen-bond donors (Lipinski definition) is 2. The molecule has 1 unspecified atom stereocenters. The molecule has 6 heteroatoms. The summed E-state index contributed by atoms with van der Waals surface area (Å²) >= 11 is 1.80. The van der Waals surface area contributed by atoms with E-state index in [0.717, 1.165) is 17.9 Å². The minimum Gasteiger partial charge on any atom is -0.449 e. The lowest BCUT2D eigenvalue weighted by Gasteiger charge is -2.28. The molecule has 5 nitrogen and oxygen atoms in total. The fraction of sp³-hybridized carbons (Fsp3) is 0.409. The van der Waals surface area contributed by atoms with Gasteiger partial charge in [-0.3, -0.25) is 0 Å². The van der Waals surface area contributed by atoms with Gasteiger partial charge >= 0.3 is 6.09 Å². The topological polar surface area (TPSA) is 67.8 Å². The number of ether oxygens (including phenoxy) is 2. The predicted octanol–water partition coefficient (Wildman–Crippen LogP) is 3.41. The number of aliphatic hydroxyl groups is 1. The van der Waals surface area contributed by atoms with Crippen LogP contribution in [0.1, 0.15) is 23.5 Å². The highest BCUT2D eigenvalue weighted by molar-refractivity contribution is 7.99. The summed E-state index contributed by atoms with van der Waals surface area (Å²) in [4.78, 5) is 12.4. The molecule has 2 aromatic carbocycles. The molecule has 1 atom stereocenters. The van der Waals surface area contributed by atoms with Gasteiger partial charge in [0, 0.05) is 11.7 Å². The van der Waals surface area contributed by atoms with Crippen molar-refractivity contribution in [1.29, 1.82) is 0 Å². The molecule has 2 aromatic rings. The van der Waals surface area contributed by atoms with Crippen molar-refractivity contribution in [3.05, 3.63) is 59.7 Å². The normalized spacial score (nSPS) is 20.6. The second-order valence-electron chi connectivity index (χ2n) is 7.24. The van der Waals surface area contributed by atoms with Crippen LogP contribution in [-0.4, -0.2) is 54.7 Å². The number of rotatable bonds is 7. The van der Waals surface area contributed by atoms with Gasteiger partial charge in [0.1, 0.15) is 6.61 Å². The number of hydrogen-bond acceptors (Lipinski definition) is 5. The van der Waals surface area contributed by atoms with E-state index < -0.39 is 11.7 Å². The Kier molecular flexibility index (Phi) is 5.90. The third-order valence-corrected chi connectivity index (χ3v) is 6.69. The highest BCUT2D eigenvalue weighted by Gasteiger charge is 2.36. The van der Waals surface area contributed by atoms with Gasteiger partial charge in [-0.2, -0.15) is 11.8 Å². The molecule has 0 radical (unpaired) electrons. The maximum atomic E-state index is 12.4. The molecule has 2 N–H and O–H groups in total. The largest absolute Gasteiger partial charge is 0.449 e. The Bertz CT molecular complexity index is 789. The average Bonchev–Trinajstić information content (AvgIpc) is 3.33. The minimum atomic E-state index is -0.425. The molecule has 1 heterocycles. The van der Waals surface area contributed by atoms with E-state index in [9.17, 15) is 4.79 Å². The molecule has 1 aliphatic carbocycles. The van der Waals surface area contributed by atoms with Crippen molar-refractivity contribution in [3.63, 3.8) is 0 Å². The van der Waals surface area contributed by atoms with Crippen molar-refractivity contribution >= 4 is 17.9 Å². The molecular formula is C22H25NO4S. The van der Waals surface area contributed by atoms with Crippen LogP contribution in [-0.2, 0) is 9.47 Å². The second-order valence-corrected chi connectivity index (χ2v) is 8.34. The Morgan fingerprint density at radius 2 is 1.82 bits per heavy atom. The van der Waals surface area contributed by atoms with Crippen LogP contribution in [0, 0.1) is 0 Å². The van der Waals surface area contributed by atoms with Gasteiger partial charge in [-0.25, -0.2) is 4.79 Å². The van der Waals surface area contributed by atoms with E-state index in [1.54, 1.807) is 11.8 Å². The zero-order valence-electron chi connectivity index (χ0n) is 15.7. The van der Waals surface area contributed by atoms with Crippen LogP contribution in [0.15, 0.2) is 48.5 Å². The molecule has 0 saturated carbocycles. The van der Waals surface area contributed by atoms with Gasteiger partial charge in [0.2, 0.25) is 0 Å². The molecule has 1 saturated heterocycles. The first-order valence-electron chi connectivity index (χ1n) is 9.64. The summed E-state index contributed by atoms with van der Waals surface area (Å²) in [7, 11) is 0. The van der Waals surface area contributed by atoms with E-state index in [0.29, 0.717) is 13.2 Å².